The molecule has 4 aromatic heterocycles. The Morgan fingerprint density at radius 2 is 0.729 bits per heavy atom. The van der Waals surface area contributed by atoms with E-state index < -0.39 is 0 Å². The molecule has 0 aliphatic carbocycles. The van der Waals surface area contributed by atoms with Crippen molar-refractivity contribution in [1.29, 1.82) is 0 Å². The highest BCUT2D eigenvalue weighted by Crippen LogP contribution is 2.11. The Hall–Kier alpha value is -4.24. The van der Waals surface area contributed by atoms with Gasteiger partial charge in [0.25, 0.3) is 0 Å². The Labute approximate surface area is 284 Å². The molecule has 0 fully saturated rings. The lowest BCUT2D eigenvalue weighted by atomic mass is 10.0. The zero-order valence-corrected chi connectivity index (χ0v) is 30.3. The molecule has 0 unspecified atom stereocenters. The summed E-state index contributed by atoms with van der Waals surface area (Å²) < 4.78 is 18.5. The zero-order valence-electron chi connectivity index (χ0n) is 30.3. The Bertz CT molecular complexity index is 1330. The summed E-state index contributed by atoms with van der Waals surface area (Å²) in [5, 5.41) is 14.8. The van der Waals surface area contributed by atoms with Crippen LogP contribution in [0.2, 0.25) is 0 Å². The summed E-state index contributed by atoms with van der Waals surface area (Å²) in [6, 6.07) is 0.639. The van der Waals surface area contributed by atoms with E-state index in [-0.39, 0.29) is 24.1 Å². The maximum atomic E-state index is 5.31. The van der Waals surface area contributed by atoms with Crippen LogP contribution in [0, 0.1) is 23.7 Å². The first-order chi connectivity index (χ1) is 22.7. The molecule has 0 aromatic carbocycles. The number of rotatable bonds is 16. The molecule has 4 heterocycles. The molecule has 4 rings (SSSR count). The molecule has 48 heavy (non-hydrogen) atoms. The fourth-order valence-electron chi connectivity index (χ4n) is 4.09. The van der Waals surface area contributed by atoms with E-state index in [1.54, 1.807) is 0 Å². The van der Waals surface area contributed by atoms with Crippen molar-refractivity contribution >= 4 is 24.1 Å². The highest BCUT2D eigenvalue weighted by molar-refractivity contribution is 5.08. The van der Waals surface area contributed by atoms with Gasteiger partial charge in [0.05, 0.1) is 0 Å². The van der Waals surface area contributed by atoms with Crippen LogP contribution in [0.15, 0.2) is 18.1 Å². The van der Waals surface area contributed by atoms with Crippen molar-refractivity contribution in [2.75, 3.05) is 22.9 Å². The van der Waals surface area contributed by atoms with Gasteiger partial charge in [-0.3, -0.25) is 0 Å². The SMILES string of the molecule is CC(C)CCCCCc1noc(N)n1.CC(C)CCCCc1noc(N)n1.CC(C)CCc1noc(N)n1.CC(C)Cc1noc(N)n1. The second kappa shape index (κ2) is 24.0. The van der Waals surface area contributed by atoms with Crippen LogP contribution in [-0.4, -0.2) is 40.6 Å². The van der Waals surface area contributed by atoms with Crippen molar-refractivity contribution in [3.05, 3.63) is 23.3 Å². The van der Waals surface area contributed by atoms with E-state index in [9.17, 15) is 0 Å². The minimum absolute atomic E-state index is 0.149. The summed E-state index contributed by atoms with van der Waals surface area (Å²) in [5.41, 5.74) is 21.1. The van der Waals surface area contributed by atoms with Crippen molar-refractivity contribution in [3.8, 4) is 0 Å². The minimum Gasteiger partial charge on any atom is -0.351 e. The van der Waals surface area contributed by atoms with Crippen molar-refractivity contribution in [1.82, 2.24) is 40.6 Å². The van der Waals surface area contributed by atoms with Gasteiger partial charge >= 0.3 is 24.1 Å². The summed E-state index contributed by atoms with van der Waals surface area (Å²) in [6.45, 7) is 17.4. The Morgan fingerprint density at radius 1 is 0.396 bits per heavy atom. The lowest BCUT2D eigenvalue weighted by molar-refractivity contribution is 0.421. The van der Waals surface area contributed by atoms with Gasteiger partial charge in [0.1, 0.15) is 0 Å². The molecule has 0 saturated heterocycles. The molecule has 16 heteroatoms. The lowest BCUT2D eigenvalue weighted by Gasteiger charge is -2.02. The smallest absolute Gasteiger partial charge is 0.318 e. The number of unbranched alkanes of at least 4 members (excludes halogenated alkanes) is 3. The van der Waals surface area contributed by atoms with Gasteiger partial charge in [-0.25, -0.2) is 0 Å². The molecule has 4 aromatic rings. The average Bonchev–Trinajstić information content (AvgIpc) is 3.81. The van der Waals surface area contributed by atoms with Crippen LogP contribution in [0.25, 0.3) is 0 Å². The van der Waals surface area contributed by atoms with Crippen LogP contribution in [0.3, 0.4) is 0 Å². The first kappa shape index (κ1) is 41.8. The average molecular weight is 677 g/mol. The van der Waals surface area contributed by atoms with E-state index >= 15 is 0 Å². The quantitative estimate of drug-likeness (QED) is 0.0920. The molecule has 0 atom stereocenters. The van der Waals surface area contributed by atoms with Crippen LogP contribution < -0.4 is 22.9 Å². The first-order valence-corrected chi connectivity index (χ1v) is 17.1. The monoisotopic (exact) mass is 676 g/mol. The predicted octanol–water partition coefficient (Wildman–Crippen LogP) is 6.52. The number of nitrogens with zero attached hydrogens (tertiary/aromatic N) is 8. The molecule has 0 saturated carbocycles. The maximum absolute atomic E-state index is 5.31. The molecule has 0 amide bonds. The number of aryl methyl sites for hydroxylation is 3. The Morgan fingerprint density at radius 3 is 1.06 bits per heavy atom. The van der Waals surface area contributed by atoms with Crippen LogP contribution >= 0.6 is 0 Å². The van der Waals surface area contributed by atoms with E-state index in [0.29, 0.717) is 23.5 Å². The first-order valence-electron chi connectivity index (χ1n) is 17.1. The van der Waals surface area contributed by atoms with E-state index in [4.69, 9.17) is 22.9 Å². The van der Waals surface area contributed by atoms with Crippen LogP contribution in [0.1, 0.15) is 130 Å². The number of anilines is 4. The van der Waals surface area contributed by atoms with Gasteiger partial charge < -0.3 is 41.0 Å². The fourth-order valence-corrected chi connectivity index (χ4v) is 4.09. The predicted molar refractivity (Wildman–Crippen MR) is 186 cm³/mol. The highest BCUT2D eigenvalue weighted by atomic mass is 16.5. The summed E-state index contributed by atoms with van der Waals surface area (Å²) in [4.78, 5) is 15.6. The van der Waals surface area contributed by atoms with E-state index in [2.05, 4.69) is 114 Å². The second-order valence-corrected chi connectivity index (χ2v) is 13.4. The minimum atomic E-state index is 0.149. The van der Waals surface area contributed by atoms with Crippen LogP contribution in [0.5, 0.6) is 0 Å². The molecule has 0 bridgehead atoms. The summed E-state index contributed by atoms with van der Waals surface area (Å²) in [5.74, 6) is 5.62. The van der Waals surface area contributed by atoms with E-state index in [1.165, 1.54) is 32.1 Å². The largest absolute Gasteiger partial charge is 0.351 e. The molecule has 8 N–H and O–H groups in total. The van der Waals surface area contributed by atoms with Crippen LogP contribution in [-0.2, 0) is 25.7 Å². The normalized spacial score (nSPS) is 10.9. The van der Waals surface area contributed by atoms with Gasteiger partial charge in [-0.1, -0.05) is 108 Å². The summed E-state index contributed by atoms with van der Waals surface area (Å²) in [6.07, 6.45) is 13.0. The third-order valence-electron chi connectivity index (χ3n) is 6.59. The fraction of sp³-hybridized carbons (Fsp3) is 0.750. The molecule has 0 radical (unpaired) electrons. The molecule has 16 nitrogen and oxygen atoms in total. The molecule has 0 aliphatic heterocycles. The number of aromatic nitrogens is 8. The summed E-state index contributed by atoms with van der Waals surface area (Å²) in [7, 11) is 0. The van der Waals surface area contributed by atoms with Crippen molar-refractivity contribution in [2.45, 2.75) is 132 Å². The lowest BCUT2D eigenvalue weighted by Crippen LogP contribution is -1.96. The number of hydrogen-bond donors (Lipinski definition) is 4. The standard InChI is InChI=1S/C10H19N3O.C9H17N3O.C7H13N3O.C6H11N3O/c1-8(2)6-4-3-5-7-9-12-10(11)14-13-9;1-7(2)5-3-4-6-8-11-9(10)13-12-8;1-5(2)3-4-6-9-7(8)11-10-6;1-4(2)3-5-8-6(7)10-9-5/h8H,3-7H2,1-2H3,(H2,11,12,13);7H,3-6H2,1-2H3,(H2,10,11,12);5H,3-4H2,1-2H3,(H2,8,9,10);4H,3H2,1-2H3,(H2,7,8,9). The van der Waals surface area contributed by atoms with Crippen molar-refractivity contribution in [2.24, 2.45) is 23.7 Å². The number of nitrogen functional groups attached to an aromatic ring is 4. The van der Waals surface area contributed by atoms with Crippen LogP contribution in [0.4, 0.5) is 24.1 Å². The molecule has 0 aliphatic rings. The van der Waals surface area contributed by atoms with Gasteiger partial charge in [-0.05, 0) is 42.9 Å². The molecular formula is C32H60N12O4. The topological polar surface area (TPSA) is 260 Å². The van der Waals surface area contributed by atoms with Gasteiger partial charge in [0.15, 0.2) is 23.3 Å². The van der Waals surface area contributed by atoms with E-state index in [0.717, 1.165) is 68.4 Å². The number of nitrogens with two attached hydrogens (primary N) is 4. The molecular weight excluding hydrogens is 616 g/mol. The number of hydrogen-bond acceptors (Lipinski definition) is 16. The zero-order chi connectivity index (χ0) is 35.9. The Kier molecular flexibility index (Phi) is 20.9. The maximum Gasteiger partial charge on any atom is 0.318 e. The third-order valence-corrected chi connectivity index (χ3v) is 6.59. The van der Waals surface area contributed by atoms with Crippen molar-refractivity contribution < 1.29 is 18.1 Å². The molecule has 0 spiro atoms. The molecule has 272 valence electrons. The summed E-state index contributed by atoms with van der Waals surface area (Å²) >= 11 is 0. The van der Waals surface area contributed by atoms with Gasteiger partial charge in [0.2, 0.25) is 0 Å². The third kappa shape index (κ3) is 22.3. The second-order valence-electron chi connectivity index (χ2n) is 13.4. The van der Waals surface area contributed by atoms with Gasteiger partial charge in [0, 0.05) is 25.7 Å². The van der Waals surface area contributed by atoms with E-state index in [1.807, 2.05) is 0 Å². The van der Waals surface area contributed by atoms with Crippen molar-refractivity contribution in [3.63, 3.8) is 0 Å². The Balaban J connectivity index is 0.000000322. The van der Waals surface area contributed by atoms with Gasteiger partial charge in [-0.15, -0.1) is 0 Å². The van der Waals surface area contributed by atoms with Gasteiger partial charge in [-0.2, -0.15) is 19.9 Å². The highest BCUT2D eigenvalue weighted by Gasteiger charge is 2.05.